The Labute approximate surface area is 116 Å². The molecule has 1 heterocycles. The number of alkyl halides is 3. The van der Waals surface area contributed by atoms with Crippen molar-refractivity contribution in [2.45, 2.75) is 32.0 Å². The number of nitrogens with zero attached hydrogens (tertiary/aromatic N) is 1. The Morgan fingerprint density at radius 1 is 1.45 bits per heavy atom. The molecule has 0 aromatic rings. The summed E-state index contributed by atoms with van der Waals surface area (Å²) in [7, 11) is 0. The van der Waals surface area contributed by atoms with Crippen LogP contribution in [-0.2, 0) is 4.74 Å². The number of carbonyl (C=O) groups excluding carboxylic acids is 1. The molecule has 2 atom stereocenters. The first-order valence-electron chi connectivity index (χ1n) is 6.67. The minimum atomic E-state index is -4.22. The third-order valence-corrected chi connectivity index (χ3v) is 3.15. The van der Waals surface area contributed by atoms with Crippen molar-refractivity contribution in [3.63, 3.8) is 0 Å². The first-order chi connectivity index (χ1) is 9.34. The molecule has 0 aromatic carbocycles. The molecule has 0 radical (unpaired) electrons. The number of nitrogens with one attached hydrogen (secondary N) is 1. The van der Waals surface area contributed by atoms with Gasteiger partial charge < -0.3 is 15.2 Å². The Kier molecular flexibility index (Phi) is 6.54. The van der Waals surface area contributed by atoms with Crippen molar-refractivity contribution in [3.05, 3.63) is 0 Å². The molecule has 1 rings (SSSR count). The van der Waals surface area contributed by atoms with Gasteiger partial charge in [-0.15, -0.1) is 0 Å². The molecular weight excluding hydrogens is 277 g/mol. The fraction of sp³-hybridized carbons (Fsp3) is 0.917. The molecule has 5 nitrogen and oxygen atoms in total. The van der Waals surface area contributed by atoms with Crippen molar-refractivity contribution >= 4 is 6.09 Å². The predicted molar refractivity (Wildman–Crippen MR) is 66.3 cm³/mol. The van der Waals surface area contributed by atoms with Gasteiger partial charge in [0.2, 0.25) is 0 Å². The molecule has 0 bridgehead atoms. The standard InChI is InChI=1S/C12H21F3N2O3/c1-2-20-11(19)16-10-5-9(6-12(13,14)15)7-17(8-10)3-4-18/h9-10,18H,2-8H2,1H3,(H,16,19). The van der Waals surface area contributed by atoms with Gasteiger partial charge >= 0.3 is 12.3 Å². The quantitative estimate of drug-likeness (QED) is 0.805. The zero-order valence-corrected chi connectivity index (χ0v) is 11.4. The minimum absolute atomic E-state index is 0.120. The normalized spacial score (nSPS) is 24.4. The Morgan fingerprint density at radius 2 is 2.15 bits per heavy atom. The lowest BCUT2D eigenvalue weighted by Crippen LogP contribution is -2.52. The second kappa shape index (κ2) is 7.68. The van der Waals surface area contributed by atoms with Gasteiger partial charge in [-0.25, -0.2) is 4.79 Å². The first-order valence-corrected chi connectivity index (χ1v) is 6.67. The molecule has 20 heavy (non-hydrogen) atoms. The van der Waals surface area contributed by atoms with Crippen LogP contribution in [0.25, 0.3) is 0 Å². The zero-order valence-electron chi connectivity index (χ0n) is 11.4. The lowest BCUT2D eigenvalue weighted by molar-refractivity contribution is -0.148. The number of aliphatic hydroxyl groups excluding tert-OH is 1. The molecule has 0 aromatic heterocycles. The highest BCUT2D eigenvalue weighted by molar-refractivity contribution is 5.67. The molecule has 1 amide bonds. The van der Waals surface area contributed by atoms with Crippen molar-refractivity contribution in [1.82, 2.24) is 10.2 Å². The van der Waals surface area contributed by atoms with E-state index in [1.54, 1.807) is 11.8 Å². The van der Waals surface area contributed by atoms with Gasteiger partial charge in [-0.3, -0.25) is 4.90 Å². The Hall–Kier alpha value is -1.02. The predicted octanol–water partition coefficient (Wildman–Crippen LogP) is 1.37. The summed E-state index contributed by atoms with van der Waals surface area (Å²) >= 11 is 0. The van der Waals surface area contributed by atoms with Crippen LogP contribution >= 0.6 is 0 Å². The number of halogens is 3. The summed E-state index contributed by atoms with van der Waals surface area (Å²) in [5, 5.41) is 11.5. The molecule has 1 aliphatic heterocycles. The average molecular weight is 298 g/mol. The van der Waals surface area contributed by atoms with Crippen molar-refractivity contribution in [3.8, 4) is 0 Å². The monoisotopic (exact) mass is 298 g/mol. The smallest absolute Gasteiger partial charge is 0.407 e. The molecule has 0 saturated carbocycles. The van der Waals surface area contributed by atoms with Gasteiger partial charge in [0.25, 0.3) is 0 Å². The third kappa shape index (κ3) is 6.42. The van der Waals surface area contributed by atoms with E-state index in [0.717, 1.165) is 0 Å². The second-order valence-corrected chi connectivity index (χ2v) is 4.97. The van der Waals surface area contributed by atoms with Crippen LogP contribution in [-0.4, -0.2) is 61.2 Å². The fourth-order valence-corrected chi connectivity index (χ4v) is 2.55. The van der Waals surface area contributed by atoms with E-state index >= 15 is 0 Å². The molecule has 1 saturated heterocycles. The molecule has 118 valence electrons. The van der Waals surface area contributed by atoms with Gasteiger partial charge in [0.1, 0.15) is 0 Å². The molecule has 8 heteroatoms. The van der Waals surface area contributed by atoms with Gasteiger partial charge in [-0.1, -0.05) is 0 Å². The number of aliphatic hydroxyl groups is 1. The molecule has 0 spiro atoms. The van der Waals surface area contributed by atoms with Crippen molar-refractivity contribution < 1.29 is 27.8 Å². The zero-order chi connectivity index (χ0) is 15.2. The van der Waals surface area contributed by atoms with E-state index in [0.29, 0.717) is 13.1 Å². The van der Waals surface area contributed by atoms with Crippen LogP contribution in [0.4, 0.5) is 18.0 Å². The molecule has 1 fully saturated rings. The summed E-state index contributed by atoms with van der Waals surface area (Å²) in [6.45, 7) is 2.75. The lowest BCUT2D eigenvalue weighted by Gasteiger charge is -2.37. The second-order valence-electron chi connectivity index (χ2n) is 4.97. The summed E-state index contributed by atoms with van der Waals surface area (Å²) in [5.74, 6) is -0.581. The highest BCUT2D eigenvalue weighted by atomic mass is 19.4. The number of rotatable bonds is 5. The number of β-amino-alcohol motifs (C(OH)–C–C–N with tert-alkyl or cyclic N) is 1. The summed E-state index contributed by atoms with van der Waals surface area (Å²) in [5.41, 5.74) is 0. The Bertz CT molecular complexity index is 313. The number of likely N-dealkylation sites (tertiary alicyclic amines) is 1. The maximum atomic E-state index is 12.5. The molecule has 0 aliphatic carbocycles. The number of ether oxygens (including phenoxy) is 1. The number of amides is 1. The van der Waals surface area contributed by atoms with E-state index in [-0.39, 0.29) is 32.2 Å². The van der Waals surface area contributed by atoms with Crippen LogP contribution < -0.4 is 5.32 Å². The van der Waals surface area contributed by atoms with Gasteiger partial charge in [0, 0.05) is 32.1 Å². The number of hydrogen-bond acceptors (Lipinski definition) is 4. The van der Waals surface area contributed by atoms with E-state index in [1.165, 1.54) is 0 Å². The van der Waals surface area contributed by atoms with Crippen LogP contribution in [0.5, 0.6) is 0 Å². The van der Waals surface area contributed by atoms with E-state index in [4.69, 9.17) is 9.84 Å². The Balaban J connectivity index is 2.58. The molecular formula is C12H21F3N2O3. The number of piperidine rings is 1. The average Bonchev–Trinajstić information content (AvgIpc) is 2.26. The van der Waals surface area contributed by atoms with Gasteiger partial charge in [0.15, 0.2) is 0 Å². The lowest BCUT2D eigenvalue weighted by atomic mass is 9.91. The van der Waals surface area contributed by atoms with Crippen molar-refractivity contribution in [2.75, 3.05) is 32.8 Å². The van der Waals surface area contributed by atoms with Crippen LogP contribution in [0.3, 0.4) is 0 Å². The third-order valence-electron chi connectivity index (χ3n) is 3.15. The van der Waals surface area contributed by atoms with Crippen LogP contribution in [0.1, 0.15) is 19.8 Å². The van der Waals surface area contributed by atoms with Gasteiger partial charge in [-0.2, -0.15) is 13.2 Å². The molecule has 2 unspecified atom stereocenters. The van der Waals surface area contributed by atoms with E-state index in [9.17, 15) is 18.0 Å². The Morgan fingerprint density at radius 3 is 2.70 bits per heavy atom. The van der Waals surface area contributed by atoms with Crippen molar-refractivity contribution in [2.24, 2.45) is 5.92 Å². The maximum absolute atomic E-state index is 12.5. The maximum Gasteiger partial charge on any atom is 0.407 e. The summed E-state index contributed by atoms with van der Waals surface area (Å²) in [4.78, 5) is 13.1. The van der Waals surface area contributed by atoms with Crippen LogP contribution in [0, 0.1) is 5.92 Å². The largest absolute Gasteiger partial charge is 0.450 e. The van der Waals surface area contributed by atoms with Crippen LogP contribution in [0.2, 0.25) is 0 Å². The topological polar surface area (TPSA) is 61.8 Å². The van der Waals surface area contributed by atoms with Gasteiger partial charge in [-0.05, 0) is 19.3 Å². The SMILES string of the molecule is CCOC(=O)NC1CC(CC(F)(F)F)CN(CCO)C1. The highest BCUT2D eigenvalue weighted by Crippen LogP contribution is 2.30. The van der Waals surface area contributed by atoms with Crippen molar-refractivity contribution in [1.29, 1.82) is 0 Å². The van der Waals surface area contributed by atoms with E-state index in [1.807, 2.05) is 0 Å². The summed E-state index contributed by atoms with van der Waals surface area (Å²) in [6, 6.07) is -0.387. The number of alkyl carbamates (subject to hydrolysis) is 1. The summed E-state index contributed by atoms with van der Waals surface area (Å²) < 4.78 is 42.2. The minimum Gasteiger partial charge on any atom is -0.450 e. The fourth-order valence-electron chi connectivity index (χ4n) is 2.55. The van der Waals surface area contributed by atoms with E-state index < -0.39 is 24.6 Å². The van der Waals surface area contributed by atoms with Crippen LogP contribution in [0.15, 0.2) is 0 Å². The number of carbonyl (C=O) groups is 1. The number of hydrogen-bond donors (Lipinski definition) is 2. The summed E-state index contributed by atoms with van der Waals surface area (Å²) in [6.07, 6.45) is -5.45. The molecule has 1 aliphatic rings. The van der Waals surface area contributed by atoms with E-state index in [2.05, 4.69) is 5.32 Å². The highest BCUT2D eigenvalue weighted by Gasteiger charge is 2.36. The van der Waals surface area contributed by atoms with Gasteiger partial charge in [0.05, 0.1) is 13.2 Å². The first kappa shape index (κ1) is 17.0. The molecule has 2 N–H and O–H groups in total.